The quantitative estimate of drug-likeness (QED) is 0.729. The summed E-state index contributed by atoms with van der Waals surface area (Å²) < 4.78 is 0. The number of para-hydroxylation sites is 1. The molecule has 2 atom stereocenters. The maximum atomic E-state index is 11.4. The number of rotatable bonds is 4. The first-order chi connectivity index (χ1) is 9.09. The summed E-state index contributed by atoms with van der Waals surface area (Å²) in [6.07, 6.45) is 5.16. The normalized spacial score (nSPS) is 23.0. The van der Waals surface area contributed by atoms with Gasteiger partial charge < -0.3 is 16.8 Å². The summed E-state index contributed by atoms with van der Waals surface area (Å²) in [6.45, 7) is 3.16. The smallest absolute Gasteiger partial charge is 0.250 e. The molecule has 0 heterocycles. The summed E-state index contributed by atoms with van der Waals surface area (Å²) in [4.78, 5) is 11.4. The van der Waals surface area contributed by atoms with Gasteiger partial charge in [-0.25, -0.2) is 0 Å². The number of nitrogen functional groups attached to an aromatic ring is 1. The molecule has 0 aliphatic heterocycles. The molecular weight excluding hydrogens is 238 g/mol. The molecule has 5 N–H and O–H groups in total. The van der Waals surface area contributed by atoms with Crippen LogP contribution in [-0.4, -0.2) is 12.5 Å². The van der Waals surface area contributed by atoms with Crippen molar-refractivity contribution >= 4 is 17.3 Å². The fourth-order valence-electron chi connectivity index (χ4n) is 2.90. The van der Waals surface area contributed by atoms with Crippen LogP contribution in [-0.2, 0) is 0 Å². The number of hydrogen-bond donors (Lipinski definition) is 3. The van der Waals surface area contributed by atoms with E-state index >= 15 is 0 Å². The van der Waals surface area contributed by atoms with Gasteiger partial charge in [0.05, 0.1) is 16.9 Å². The van der Waals surface area contributed by atoms with Crippen LogP contribution in [0.1, 0.15) is 43.0 Å². The molecule has 19 heavy (non-hydrogen) atoms. The number of hydrogen-bond acceptors (Lipinski definition) is 3. The van der Waals surface area contributed by atoms with Gasteiger partial charge in [0.25, 0.3) is 5.91 Å². The number of anilines is 2. The minimum absolute atomic E-state index is 0.438. The predicted molar refractivity (Wildman–Crippen MR) is 79.0 cm³/mol. The Labute approximate surface area is 114 Å². The zero-order valence-electron chi connectivity index (χ0n) is 11.5. The van der Waals surface area contributed by atoms with E-state index in [1.54, 1.807) is 18.2 Å². The first kappa shape index (κ1) is 13.7. The number of nitrogens with two attached hydrogens (primary N) is 2. The third kappa shape index (κ3) is 3.19. The Hall–Kier alpha value is -1.71. The van der Waals surface area contributed by atoms with Gasteiger partial charge >= 0.3 is 0 Å². The number of nitrogens with one attached hydrogen (secondary N) is 1. The second-order valence-corrected chi connectivity index (χ2v) is 5.54. The number of benzene rings is 1. The standard InChI is InChI=1S/C15H23N3O/c1-10-5-2-3-6-11(10)9-18-14-12(15(17)19)7-4-8-13(14)16/h4,7-8,10-11,18H,2-3,5-6,9,16H2,1H3,(H2,17,19). The highest BCUT2D eigenvalue weighted by Gasteiger charge is 2.21. The van der Waals surface area contributed by atoms with E-state index in [4.69, 9.17) is 11.5 Å². The molecule has 1 aromatic carbocycles. The lowest BCUT2D eigenvalue weighted by atomic mass is 9.80. The Morgan fingerprint density at radius 1 is 1.37 bits per heavy atom. The lowest BCUT2D eigenvalue weighted by Crippen LogP contribution is -2.25. The van der Waals surface area contributed by atoms with Crippen LogP contribution < -0.4 is 16.8 Å². The van der Waals surface area contributed by atoms with Gasteiger partial charge in [-0.15, -0.1) is 0 Å². The summed E-state index contributed by atoms with van der Waals surface area (Å²) in [5, 5.41) is 3.34. The average molecular weight is 261 g/mol. The molecule has 2 unspecified atom stereocenters. The van der Waals surface area contributed by atoms with E-state index in [-0.39, 0.29) is 0 Å². The van der Waals surface area contributed by atoms with Gasteiger partial charge in [-0.2, -0.15) is 0 Å². The molecule has 0 spiro atoms. The van der Waals surface area contributed by atoms with Crippen LogP contribution in [0, 0.1) is 11.8 Å². The first-order valence-corrected chi connectivity index (χ1v) is 7.01. The van der Waals surface area contributed by atoms with Crippen LogP contribution in [0.25, 0.3) is 0 Å². The number of carbonyl (C=O) groups is 1. The summed E-state index contributed by atoms with van der Waals surface area (Å²) >= 11 is 0. The number of primary amides is 1. The van der Waals surface area contributed by atoms with Crippen molar-refractivity contribution in [1.82, 2.24) is 0 Å². The lowest BCUT2D eigenvalue weighted by molar-refractivity contribution is 0.100. The first-order valence-electron chi connectivity index (χ1n) is 7.01. The van der Waals surface area contributed by atoms with Gasteiger partial charge in [0.2, 0.25) is 0 Å². The molecule has 4 nitrogen and oxygen atoms in total. The van der Waals surface area contributed by atoms with Crippen LogP contribution in [0.4, 0.5) is 11.4 Å². The van der Waals surface area contributed by atoms with Crippen molar-refractivity contribution in [3.05, 3.63) is 23.8 Å². The lowest BCUT2D eigenvalue weighted by Gasteiger charge is -2.29. The molecule has 1 saturated carbocycles. The van der Waals surface area contributed by atoms with E-state index < -0.39 is 5.91 Å². The van der Waals surface area contributed by atoms with Crippen molar-refractivity contribution in [3.63, 3.8) is 0 Å². The Morgan fingerprint density at radius 3 is 2.79 bits per heavy atom. The van der Waals surface area contributed by atoms with Crippen LogP contribution in [0.15, 0.2) is 18.2 Å². The van der Waals surface area contributed by atoms with Gasteiger partial charge in [-0.05, 0) is 30.4 Å². The van der Waals surface area contributed by atoms with E-state index in [1.807, 2.05) is 0 Å². The second-order valence-electron chi connectivity index (χ2n) is 5.54. The third-order valence-corrected chi connectivity index (χ3v) is 4.19. The van der Waals surface area contributed by atoms with Gasteiger partial charge in [-0.3, -0.25) is 4.79 Å². The molecule has 1 aliphatic carbocycles. The monoisotopic (exact) mass is 261 g/mol. The highest BCUT2D eigenvalue weighted by atomic mass is 16.1. The van der Waals surface area contributed by atoms with Crippen molar-refractivity contribution in [2.24, 2.45) is 17.6 Å². The van der Waals surface area contributed by atoms with Gasteiger partial charge in [0.1, 0.15) is 0 Å². The fraction of sp³-hybridized carbons (Fsp3) is 0.533. The Balaban J connectivity index is 2.08. The molecule has 0 aromatic heterocycles. The van der Waals surface area contributed by atoms with Crippen LogP contribution in [0.3, 0.4) is 0 Å². The van der Waals surface area contributed by atoms with Crippen LogP contribution >= 0.6 is 0 Å². The molecule has 1 aromatic rings. The maximum absolute atomic E-state index is 11.4. The molecule has 1 fully saturated rings. The highest BCUT2D eigenvalue weighted by Crippen LogP contribution is 2.31. The highest BCUT2D eigenvalue weighted by molar-refractivity contribution is 6.01. The molecule has 0 radical (unpaired) electrons. The Kier molecular flexibility index (Phi) is 4.30. The minimum Gasteiger partial charge on any atom is -0.397 e. The largest absolute Gasteiger partial charge is 0.397 e. The molecule has 4 heteroatoms. The predicted octanol–water partition coefficient (Wildman–Crippen LogP) is 2.61. The SMILES string of the molecule is CC1CCCCC1CNc1c(N)cccc1C(N)=O. The third-order valence-electron chi connectivity index (χ3n) is 4.19. The van der Waals surface area contributed by atoms with Crippen LogP contribution in [0.5, 0.6) is 0 Å². The second kappa shape index (κ2) is 5.95. The summed E-state index contributed by atoms with van der Waals surface area (Å²) in [7, 11) is 0. The summed E-state index contributed by atoms with van der Waals surface area (Å²) in [6, 6.07) is 5.26. The number of amides is 1. The Morgan fingerprint density at radius 2 is 2.11 bits per heavy atom. The van der Waals surface area contributed by atoms with Crippen molar-refractivity contribution in [3.8, 4) is 0 Å². The van der Waals surface area contributed by atoms with E-state index in [0.717, 1.165) is 12.5 Å². The minimum atomic E-state index is -0.438. The van der Waals surface area contributed by atoms with Gasteiger partial charge in [-0.1, -0.05) is 32.3 Å². The molecule has 1 aliphatic rings. The molecule has 1 amide bonds. The molecule has 0 saturated heterocycles. The van der Waals surface area contributed by atoms with E-state index in [2.05, 4.69) is 12.2 Å². The van der Waals surface area contributed by atoms with Gasteiger partial charge in [0.15, 0.2) is 0 Å². The van der Waals surface area contributed by atoms with Crippen LogP contribution in [0.2, 0.25) is 0 Å². The maximum Gasteiger partial charge on any atom is 0.250 e. The zero-order chi connectivity index (χ0) is 13.8. The summed E-state index contributed by atoms with van der Waals surface area (Å²) in [5.74, 6) is 0.934. The van der Waals surface area contributed by atoms with E-state index in [0.29, 0.717) is 22.9 Å². The molecule has 104 valence electrons. The van der Waals surface area contributed by atoms with Gasteiger partial charge in [0, 0.05) is 6.54 Å². The fourth-order valence-corrected chi connectivity index (χ4v) is 2.90. The van der Waals surface area contributed by atoms with Crippen molar-refractivity contribution in [2.75, 3.05) is 17.6 Å². The van der Waals surface area contributed by atoms with E-state index in [1.165, 1.54) is 25.7 Å². The average Bonchev–Trinajstić information content (AvgIpc) is 2.38. The molecule has 0 bridgehead atoms. The van der Waals surface area contributed by atoms with Crippen molar-refractivity contribution < 1.29 is 4.79 Å². The number of carbonyl (C=O) groups excluding carboxylic acids is 1. The topological polar surface area (TPSA) is 81.1 Å². The Bertz CT molecular complexity index is 459. The van der Waals surface area contributed by atoms with Crippen molar-refractivity contribution in [1.29, 1.82) is 0 Å². The zero-order valence-corrected chi connectivity index (χ0v) is 11.5. The van der Waals surface area contributed by atoms with E-state index in [9.17, 15) is 4.79 Å². The molecule has 2 rings (SSSR count). The summed E-state index contributed by atoms with van der Waals surface area (Å²) in [5.41, 5.74) is 13.1. The van der Waals surface area contributed by atoms with Crippen molar-refractivity contribution in [2.45, 2.75) is 32.6 Å². The molecular formula is C15H23N3O.